The monoisotopic (exact) mass is 306 g/mol. The largest absolute Gasteiger partial charge is 0.477 e. The number of furan rings is 1. The van der Waals surface area contributed by atoms with Crippen LogP contribution in [0.3, 0.4) is 0 Å². The lowest BCUT2D eigenvalue weighted by Crippen LogP contribution is -2.13. The smallest absolute Gasteiger partial charge is 0.435 e. The number of rotatable bonds is 3. The second-order valence-electron chi connectivity index (χ2n) is 3.43. The summed E-state index contributed by atoms with van der Waals surface area (Å²) in [6, 6.07) is 2.71. The Bertz CT molecular complexity index is 648. The molecule has 2 aromatic rings. The maximum absolute atomic E-state index is 12.6. The van der Waals surface area contributed by atoms with Crippen LogP contribution in [0.4, 0.5) is 18.3 Å². The molecule has 2 aromatic heterocycles. The summed E-state index contributed by atoms with van der Waals surface area (Å²) >= 11 is 0.216. The second-order valence-corrected chi connectivity index (χ2v) is 4.43. The number of hydrogen-bond donors (Lipinski definition) is 2. The van der Waals surface area contributed by atoms with Gasteiger partial charge in [0.25, 0.3) is 5.91 Å². The number of carbonyl (C=O) groups excluding carboxylic acids is 1. The summed E-state index contributed by atoms with van der Waals surface area (Å²) in [5.41, 5.74) is -1.55. The molecule has 0 fully saturated rings. The molecule has 0 radical (unpaired) electrons. The Labute approximate surface area is 112 Å². The quantitative estimate of drug-likeness (QED) is 0.909. The fraction of sp³-hybridized carbons (Fsp3) is 0.100. The third kappa shape index (κ3) is 2.79. The number of carboxylic acids is 1. The van der Waals surface area contributed by atoms with Crippen molar-refractivity contribution in [2.75, 3.05) is 5.32 Å². The zero-order chi connectivity index (χ0) is 14.9. The van der Waals surface area contributed by atoms with Gasteiger partial charge in [0.15, 0.2) is 16.6 Å². The van der Waals surface area contributed by atoms with Crippen molar-refractivity contribution in [3.8, 4) is 0 Å². The highest BCUT2D eigenvalue weighted by Crippen LogP contribution is 2.36. The average Bonchev–Trinajstić information content (AvgIpc) is 2.96. The number of aromatic nitrogens is 1. The van der Waals surface area contributed by atoms with Crippen LogP contribution in [0.1, 0.15) is 25.9 Å². The summed E-state index contributed by atoms with van der Waals surface area (Å²) in [5, 5.41) is 10.3. The molecule has 1 amide bonds. The molecular formula is C10H5F3N2O4S. The predicted molar refractivity (Wildman–Crippen MR) is 60.7 cm³/mol. The van der Waals surface area contributed by atoms with Gasteiger partial charge in [0.2, 0.25) is 0 Å². The summed E-state index contributed by atoms with van der Waals surface area (Å²) < 4.78 is 42.5. The van der Waals surface area contributed by atoms with Gasteiger partial charge >= 0.3 is 12.1 Å². The molecule has 0 aliphatic rings. The molecule has 6 nitrogen and oxygen atoms in total. The fourth-order valence-electron chi connectivity index (χ4n) is 1.28. The van der Waals surface area contributed by atoms with Gasteiger partial charge in [-0.25, -0.2) is 9.78 Å². The number of nitrogens with zero attached hydrogens (tertiary/aromatic N) is 1. The number of hydrogen-bond acceptors (Lipinski definition) is 5. The van der Waals surface area contributed by atoms with Crippen LogP contribution in [-0.2, 0) is 6.18 Å². The Morgan fingerprint density at radius 1 is 1.40 bits per heavy atom. The second kappa shape index (κ2) is 4.96. The molecule has 0 saturated carbocycles. The maximum Gasteiger partial charge on any atom is 0.435 e. The number of thiazole rings is 1. The lowest BCUT2D eigenvalue weighted by atomic mass is 10.3. The van der Waals surface area contributed by atoms with Gasteiger partial charge in [-0.1, -0.05) is 11.3 Å². The Hall–Kier alpha value is -2.36. The first-order valence-electron chi connectivity index (χ1n) is 4.95. The highest BCUT2D eigenvalue weighted by molar-refractivity contribution is 7.17. The molecule has 0 atom stereocenters. The molecule has 2 heterocycles. The standard InChI is InChI=1S/C10H5F3N2O4S/c11-10(12,13)6-5(8(17)18)20-9(14-6)15-7(16)4-2-1-3-19-4/h1-3H,(H,17,18)(H,14,15,16). The molecule has 0 bridgehead atoms. The van der Waals surface area contributed by atoms with Gasteiger partial charge in [0.1, 0.15) is 4.88 Å². The summed E-state index contributed by atoms with van der Waals surface area (Å²) in [6.07, 6.45) is -3.71. The highest BCUT2D eigenvalue weighted by atomic mass is 32.1. The van der Waals surface area contributed by atoms with Gasteiger partial charge in [-0.2, -0.15) is 13.2 Å². The van der Waals surface area contributed by atoms with E-state index in [-0.39, 0.29) is 17.1 Å². The molecule has 0 aromatic carbocycles. The maximum atomic E-state index is 12.6. The Kier molecular flexibility index (Phi) is 3.49. The average molecular weight is 306 g/mol. The van der Waals surface area contributed by atoms with E-state index < -0.39 is 33.8 Å². The van der Waals surface area contributed by atoms with E-state index in [1.54, 1.807) is 0 Å². The number of nitrogens with one attached hydrogen (secondary N) is 1. The molecular weight excluding hydrogens is 301 g/mol. The van der Waals surface area contributed by atoms with Crippen LogP contribution in [0.25, 0.3) is 0 Å². The molecule has 0 unspecified atom stereocenters. The fourth-order valence-corrected chi connectivity index (χ4v) is 2.10. The van der Waals surface area contributed by atoms with Gasteiger partial charge in [-0.3, -0.25) is 10.1 Å². The van der Waals surface area contributed by atoms with Crippen LogP contribution in [0, 0.1) is 0 Å². The van der Waals surface area contributed by atoms with Crippen molar-refractivity contribution in [3.05, 3.63) is 34.7 Å². The van der Waals surface area contributed by atoms with Crippen molar-refractivity contribution >= 4 is 28.3 Å². The third-order valence-electron chi connectivity index (χ3n) is 2.06. The van der Waals surface area contributed by atoms with E-state index in [2.05, 4.69) is 4.98 Å². The van der Waals surface area contributed by atoms with Crippen molar-refractivity contribution in [1.82, 2.24) is 4.98 Å². The predicted octanol–water partition coefficient (Wildman–Crippen LogP) is 2.71. The summed E-state index contributed by atoms with van der Waals surface area (Å²) in [5.74, 6) is -2.73. The van der Waals surface area contributed by atoms with Crippen LogP contribution in [-0.4, -0.2) is 22.0 Å². The Balaban J connectivity index is 2.30. The minimum absolute atomic E-state index is 0.134. The van der Waals surface area contributed by atoms with E-state index in [1.807, 2.05) is 5.32 Å². The van der Waals surface area contributed by atoms with Crippen LogP contribution < -0.4 is 5.32 Å². The van der Waals surface area contributed by atoms with E-state index in [4.69, 9.17) is 9.52 Å². The number of aromatic carboxylic acids is 1. The van der Waals surface area contributed by atoms with E-state index in [0.717, 1.165) is 0 Å². The van der Waals surface area contributed by atoms with Gasteiger partial charge in [-0.05, 0) is 12.1 Å². The lowest BCUT2D eigenvalue weighted by molar-refractivity contribution is -0.141. The zero-order valence-electron chi connectivity index (χ0n) is 9.39. The number of alkyl halides is 3. The Morgan fingerprint density at radius 2 is 2.10 bits per heavy atom. The zero-order valence-corrected chi connectivity index (χ0v) is 10.2. The molecule has 0 saturated heterocycles. The van der Waals surface area contributed by atoms with Crippen LogP contribution in [0.2, 0.25) is 0 Å². The normalized spacial score (nSPS) is 11.3. The summed E-state index contributed by atoms with van der Waals surface area (Å²) in [7, 11) is 0. The molecule has 20 heavy (non-hydrogen) atoms. The van der Waals surface area contributed by atoms with Gasteiger partial charge in [0, 0.05) is 0 Å². The van der Waals surface area contributed by atoms with E-state index in [0.29, 0.717) is 0 Å². The topological polar surface area (TPSA) is 92.4 Å². The van der Waals surface area contributed by atoms with Crippen LogP contribution in [0.5, 0.6) is 0 Å². The number of carboxylic acid groups (broad SMARTS) is 1. The van der Waals surface area contributed by atoms with E-state index >= 15 is 0 Å². The minimum Gasteiger partial charge on any atom is -0.477 e. The molecule has 2 N–H and O–H groups in total. The molecule has 0 spiro atoms. The van der Waals surface area contributed by atoms with E-state index in [1.165, 1.54) is 18.4 Å². The van der Waals surface area contributed by atoms with Gasteiger partial charge < -0.3 is 9.52 Å². The highest BCUT2D eigenvalue weighted by Gasteiger charge is 2.40. The molecule has 106 valence electrons. The molecule has 2 rings (SSSR count). The Morgan fingerprint density at radius 3 is 2.55 bits per heavy atom. The summed E-state index contributed by atoms with van der Waals surface area (Å²) in [6.45, 7) is 0. The summed E-state index contributed by atoms with van der Waals surface area (Å²) in [4.78, 5) is 24.4. The van der Waals surface area contributed by atoms with E-state index in [9.17, 15) is 22.8 Å². The van der Waals surface area contributed by atoms with Crippen molar-refractivity contribution in [2.24, 2.45) is 0 Å². The van der Waals surface area contributed by atoms with Gasteiger partial charge in [-0.15, -0.1) is 0 Å². The van der Waals surface area contributed by atoms with Crippen molar-refractivity contribution in [1.29, 1.82) is 0 Å². The first kappa shape index (κ1) is 14.1. The minimum atomic E-state index is -4.92. The lowest BCUT2D eigenvalue weighted by Gasteiger charge is -2.02. The SMILES string of the molecule is O=C(Nc1nc(C(F)(F)F)c(C(=O)O)s1)c1ccco1. The van der Waals surface area contributed by atoms with Crippen molar-refractivity contribution in [3.63, 3.8) is 0 Å². The van der Waals surface area contributed by atoms with Crippen molar-refractivity contribution in [2.45, 2.75) is 6.18 Å². The number of halogens is 3. The third-order valence-corrected chi connectivity index (χ3v) is 3.01. The number of anilines is 1. The molecule has 0 aliphatic heterocycles. The van der Waals surface area contributed by atoms with Crippen molar-refractivity contribution < 1.29 is 32.3 Å². The first-order chi connectivity index (χ1) is 9.29. The van der Waals surface area contributed by atoms with Crippen LogP contribution in [0.15, 0.2) is 22.8 Å². The first-order valence-corrected chi connectivity index (χ1v) is 5.77. The number of amides is 1. The van der Waals surface area contributed by atoms with Gasteiger partial charge in [0.05, 0.1) is 6.26 Å². The number of carbonyl (C=O) groups is 2. The molecule has 0 aliphatic carbocycles. The molecule has 10 heteroatoms. The van der Waals surface area contributed by atoms with Crippen LogP contribution >= 0.6 is 11.3 Å².